The highest BCUT2D eigenvalue weighted by atomic mass is 16.2. The minimum atomic E-state index is -0.462. The molecule has 0 aliphatic carbocycles. The average Bonchev–Trinajstić information content (AvgIpc) is 2.14. The number of piperazine rings is 1. The van der Waals surface area contributed by atoms with E-state index < -0.39 is 5.54 Å². The Labute approximate surface area is 84.9 Å². The maximum Gasteiger partial charge on any atom is 0.242 e. The second-order valence-corrected chi connectivity index (χ2v) is 4.23. The molecular weight excluding hydrogens is 180 g/mol. The molecule has 1 heterocycles. The van der Waals surface area contributed by atoms with Crippen LogP contribution in [-0.2, 0) is 9.59 Å². The fraction of sp³-hybridized carbons (Fsp3) is 0.800. The van der Waals surface area contributed by atoms with Gasteiger partial charge in [0.1, 0.15) is 6.29 Å². The summed E-state index contributed by atoms with van der Waals surface area (Å²) in [6, 6.07) is 0. The summed E-state index contributed by atoms with van der Waals surface area (Å²) in [5.74, 6) is 0.134. The summed E-state index contributed by atoms with van der Waals surface area (Å²) in [6.45, 7) is 6.10. The van der Waals surface area contributed by atoms with E-state index in [0.717, 1.165) is 19.4 Å². The zero-order chi connectivity index (χ0) is 10.8. The molecule has 0 aromatic rings. The lowest BCUT2D eigenvalue weighted by Gasteiger charge is -2.44. The molecule has 0 atom stereocenters. The summed E-state index contributed by atoms with van der Waals surface area (Å²) in [5, 5.41) is 0. The second kappa shape index (κ2) is 4.09. The molecule has 0 N–H and O–H groups in total. The molecule has 80 valence electrons. The number of carbonyl (C=O) groups excluding carboxylic acids is 2. The lowest BCUT2D eigenvalue weighted by Crippen LogP contribution is -2.62. The van der Waals surface area contributed by atoms with E-state index in [1.165, 1.54) is 0 Å². The summed E-state index contributed by atoms with van der Waals surface area (Å²) in [6.07, 6.45) is 1.40. The molecule has 0 aromatic heterocycles. The van der Waals surface area contributed by atoms with Gasteiger partial charge in [-0.15, -0.1) is 0 Å². The van der Waals surface area contributed by atoms with Crippen molar-refractivity contribution in [2.75, 3.05) is 26.7 Å². The van der Waals surface area contributed by atoms with Crippen LogP contribution in [0.4, 0.5) is 0 Å². The topological polar surface area (TPSA) is 40.6 Å². The van der Waals surface area contributed by atoms with Crippen molar-refractivity contribution in [2.24, 2.45) is 0 Å². The van der Waals surface area contributed by atoms with Crippen LogP contribution in [0.15, 0.2) is 0 Å². The second-order valence-electron chi connectivity index (χ2n) is 4.23. The van der Waals surface area contributed by atoms with Crippen molar-refractivity contribution in [1.82, 2.24) is 9.80 Å². The lowest BCUT2D eigenvalue weighted by molar-refractivity contribution is -0.147. The van der Waals surface area contributed by atoms with Crippen LogP contribution in [0.25, 0.3) is 0 Å². The Hall–Kier alpha value is -0.900. The minimum absolute atomic E-state index is 0.134. The largest absolute Gasteiger partial charge is 0.343 e. The predicted molar refractivity (Wildman–Crippen MR) is 54.0 cm³/mol. The molecule has 0 bridgehead atoms. The summed E-state index contributed by atoms with van der Waals surface area (Å²) < 4.78 is 0. The van der Waals surface area contributed by atoms with E-state index in [1.807, 2.05) is 20.9 Å². The minimum Gasteiger partial charge on any atom is -0.343 e. The molecule has 0 saturated carbocycles. The molecule has 0 spiro atoms. The van der Waals surface area contributed by atoms with Gasteiger partial charge in [-0.2, -0.15) is 0 Å². The molecule has 1 fully saturated rings. The average molecular weight is 198 g/mol. The monoisotopic (exact) mass is 198 g/mol. The van der Waals surface area contributed by atoms with E-state index in [1.54, 1.807) is 4.90 Å². The Morgan fingerprint density at radius 2 is 2.07 bits per heavy atom. The van der Waals surface area contributed by atoms with Crippen molar-refractivity contribution in [3.05, 3.63) is 0 Å². The van der Waals surface area contributed by atoms with Gasteiger partial charge < -0.3 is 9.69 Å². The maximum atomic E-state index is 11.8. The molecule has 1 aliphatic rings. The van der Waals surface area contributed by atoms with Gasteiger partial charge in [-0.25, -0.2) is 0 Å². The molecule has 14 heavy (non-hydrogen) atoms. The number of rotatable bonds is 3. The van der Waals surface area contributed by atoms with E-state index >= 15 is 0 Å². The predicted octanol–water partition coefficient (Wildman–Crippen LogP) is 0.128. The molecule has 1 rings (SSSR count). The zero-order valence-electron chi connectivity index (χ0n) is 9.12. The first-order valence-electron chi connectivity index (χ1n) is 4.94. The van der Waals surface area contributed by atoms with Crippen LogP contribution < -0.4 is 0 Å². The lowest BCUT2D eigenvalue weighted by atomic mass is 9.97. The molecule has 1 amide bonds. The molecular formula is C10H18N2O2. The number of hydrogen-bond donors (Lipinski definition) is 0. The third-order valence-corrected chi connectivity index (χ3v) is 2.88. The quantitative estimate of drug-likeness (QED) is 0.605. The van der Waals surface area contributed by atoms with Gasteiger partial charge in [-0.05, 0) is 13.8 Å². The van der Waals surface area contributed by atoms with Crippen LogP contribution in [0.2, 0.25) is 0 Å². The van der Waals surface area contributed by atoms with Crippen molar-refractivity contribution >= 4 is 12.2 Å². The highest BCUT2D eigenvalue weighted by Crippen LogP contribution is 2.21. The zero-order valence-corrected chi connectivity index (χ0v) is 9.12. The number of aldehydes is 1. The first-order chi connectivity index (χ1) is 6.50. The molecule has 1 saturated heterocycles. The first-order valence-corrected chi connectivity index (χ1v) is 4.94. The standard InChI is InChI=1S/C10H18N2O2/c1-10(2)9(14)11(3)6-7-12(10)5-4-8-13/h8H,4-7H2,1-3H3. The maximum absolute atomic E-state index is 11.8. The van der Waals surface area contributed by atoms with Crippen molar-refractivity contribution in [3.63, 3.8) is 0 Å². The van der Waals surface area contributed by atoms with Crippen LogP contribution in [0.1, 0.15) is 20.3 Å². The fourth-order valence-corrected chi connectivity index (χ4v) is 1.85. The smallest absolute Gasteiger partial charge is 0.242 e. The van der Waals surface area contributed by atoms with Crippen molar-refractivity contribution in [3.8, 4) is 0 Å². The summed E-state index contributed by atoms with van der Waals surface area (Å²) >= 11 is 0. The fourth-order valence-electron chi connectivity index (χ4n) is 1.85. The van der Waals surface area contributed by atoms with Crippen LogP contribution >= 0.6 is 0 Å². The molecule has 4 heteroatoms. The third-order valence-electron chi connectivity index (χ3n) is 2.88. The Balaban J connectivity index is 2.68. The van der Waals surface area contributed by atoms with Gasteiger partial charge in [0, 0.05) is 33.1 Å². The van der Waals surface area contributed by atoms with Crippen molar-refractivity contribution < 1.29 is 9.59 Å². The summed E-state index contributed by atoms with van der Waals surface area (Å²) in [7, 11) is 1.82. The Bertz CT molecular complexity index is 238. The van der Waals surface area contributed by atoms with E-state index in [4.69, 9.17) is 0 Å². The normalized spacial score (nSPS) is 22.5. The number of hydrogen-bond acceptors (Lipinski definition) is 3. The van der Waals surface area contributed by atoms with Crippen LogP contribution in [0.5, 0.6) is 0 Å². The first kappa shape index (κ1) is 11.2. The van der Waals surface area contributed by atoms with E-state index in [9.17, 15) is 9.59 Å². The number of likely N-dealkylation sites (N-methyl/N-ethyl adjacent to an activating group) is 1. The van der Waals surface area contributed by atoms with Gasteiger partial charge in [0.2, 0.25) is 5.91 Å². The van der Waals surface area contributed by atoms with Crippen LogP contribution in [-0.4, -0.2) is 54.2 Å². The third kappa shape index (κ3) is 1.95. The van der Waals surface area contributed by atoms with Gasteiger partial charge in [0.15, 0.2) is 0 Å². The Kier molecular flexibility index (Phi) is 3.26. The van der Waals surface area contributed by atoms with E-state index in [0.29, 0.717) is 13.0 Å². The van der Waals surface area contributed by atoms with E-state index in [2.05, 4.69) is 4.90 Å². The van der Waals surface area contributed by atoms with Crippen LogP contribution in [0, 0.1) is 0 Å². The SMILES string of the molecule is CN1CCN(CCC=O)C(C)(C)C1=O. The van der Waals surface area contributed by atoms with Gasteiger partial charge >= 0.3 is 0 Å². The molecule has 0 unspecified atom stereocenters. The summed E-state index contributed by atoms with van der Waals surface area (Å²) in [5.41, 5.74) is -0.462. The van der Waals surface area contributed by atoms with Gasteiger partial charge in [-0.3, -0.25) is 9.69 Å². The summed E-state index contributed by atoms with van der Waals surface area (Å²) in [4.78, 5) is 25.9. The van der Waals surface area contributed by atoms with Gasteiger partial charge in [0.05, 0.1) is 5.54 Å². The Morgan fingerprint density at radius 1 is 1.43 bits per heavy atom. The van der Waals surface area contributed by atoms with Gasteiger partial charge in [0.25, 0.3) is 0 Å². The molecule has 1 aliphatic heterocycles. The van der Waals surface area contributed by atoms with E-state index in [-0.39, 0.29) is 5.91 Å². The van der Waals surface area contributed by atoms with Crippen molar-refractivity contribution in [1.29, 1.82) is 0 Å². The Morgan fingerprint density at radius 3 is 2.64 bits per heavy atom. The van der Waals surface area contributed by atoms with Gasteiger partial charge in [-0.1, -0.05) is 0 Å². The number of nitrogens with zero attached hydrogens (tertiary/aromatic N) is 2. The molecule has 4 nitrogen and oxygen atoms in total. The molecule has 0 aromatic carbocycles. The van der Waals surface area contributed by atoms with Crippen LogP contribution in [0.3, 0.4) is 0 Å². The molecule has 0 radical (unpaired) electrons. The highest BCUT2D eigenvalue weighted by molar-refractivity contribution is 5.86. The number of amides is 1. The highest BCUT2D eigenvalue weighted by Gasteiger charge is 2.39. The number of carbonyl (C=O) groups is 2. The van der Waals surface area contributed by atoms with Crippen molar-refractivity contribution in [2.45, 2.75) is 25.8 Å².